The first-order valence-corrected chi connectivity index (χ1v) is 10.3. The van der Waals surface area contributed by atoms with Crippen molar-refractivity contribution in [2.45, 2.75) is 6.92 Å². The van der Waals surface area contributed by atoms with Crippen LogP contribution in [0.5, 0.6) is 17.2 Å². The number of hydrogen-bond acceptors (Lipinski definition) is 7. The normalized spacial score (nSPS) is 10.8. The third kappa shape index (κ3) is 4.80. The van der Waals surface area contributed by atoms with Crippen LogP contribution in [0.3, 0.4) is 0 Å². The Labute approximate surface area is 184 Å². The van der Waals surface area contributed by atoms with E-state index in [9.17, 15) is 9.59 Å². The number of hydrogen-bond donors (Lipinski definition) is 1. The third-order valence-corrected chi connectivity index (χ3v) is 5.51. The second-order valence-corrected chi connectivity index (χ2v) is 7.36. The van der Waals surface area contributed by atoms with Crippen molar-refractivity contribution in [2.24, 2.45) is 0 Å². The number of thiophene rings is 1. The van der Waals surface area contributed by atoms with E-state index in [0.717, 1.165) is 10.1 Å². The van der Waals surface area contributed by atoms with Crippen LogP contribution in [-0.2, 0) is 9.53 Å². The van der Waals surface area contributed by atoms with Gasteiger partial charge in [-0.05, 0) is 36.8 Å². The topological polar surface area (TPSA) is 83.1 Å². The van der Waals surface area contributed by atoms with Gasteiger partial charge in [0.15, 0.2) is 11.5 Å². The number of nitrogens with one attached hydrogen (secondary N) is 1. The van der Waals surface area contributed by atoms with E-state index in [4.69, 9.17) is 18.9 Å². The number of methoxy groups -OCH3 is 3. The molecular formula is C23H23NO6S. The molecule has 0 fully saturated rings. The van der Waals surface area contributed by atoms with Gasteiger partial charge >= 0.3 is 5.97 Å². The van der Waals surface area contributed by atoms with Crippen LogP contribution in [0.4, 0.5) is 5.00 Å². The molecule has 0 aliphatic carbocycles. The number of fused-ring (bicyclic) bond motifs is 1. The maximum absolute atomic E-state index is 12.6. The summed E-state index contributed by atoms with van der Waals surface area (Å²) in [7, 11) is 4.57. The molecule has 31 heavy (non-hydrogen) atoms. The van der Waals surface area contributed by atoms with Gasteiger partial charge in [0.2, 0.25) is 11.7 Å². The van der Waals surface area contributed by atoms with Crippen molar-refractivity contribution in [1.29, 1.82) is 0 Å². The highest BCUT2D eigenvalue weighted by Crippen LogP contribution is 2.39. The van der Waals surface area contributed by atoms with E-state index in [1.807, 2.05) is 24.3 Å². The van der Waals surface area contributed by atoms with Crippen molar-refractivity contribution in [3.63, 3.8) is 0 Å². The number of ether oxygens (including phenoxy) is 4. The Balaban J connectivity index is 1.87. The van der Waals surface area contributed by atoms with Gasteiger partial charge in [0.05, 0.1) is 27.9 Å². The standard InChI is InChI=1S/C23H23NO6S/c1-5-30-23(26)20-15-8-6-7-9-18(15)31-22(20)24-19(25)11-10-14-12-16(27-2)21(29-4)17(13-14)28-3/h6-13H,5H2,1-4H3,(H,24,25)/b11-10+. The number of anilines is 1. The monoisotopic (exact) mass is 441 g/mol. The van der Waals surface area contributed by atoms with E-state index in [2.05, 4.69) is 5.32 Å². The lowest BCUT2D eigenvalue weighted by Gasteiger charge is -2.12. The molecular weight excluding hydrogens is 418 g/mol. The Kier molecular flexibility index (Phi) is 7.15. The molecule has 1 aromatic heterocycles. The number of carbonyl (C=O) groups excluding carboxylic acids is 2. The second kappa shape index (κ2) is 9.99. The molecule has 3 rings (SSSR count). The summed E-state index contributed by atoms with van der Waals surface area (Å²) < 4.78 is 22.0. The Morgan fingerprint density at radius 2 is 1.71 bits per heavy atom. The molecule has 0 unspecified atom stereocenters. The van der Waals surface area contributed by atoms with Crippen molar-refractivity contribution in [3.05, 3.63) is 53.6 Å². The molecule has 8 heteroatoms. The minimum atomic E-state index is -0.469. The lowest BCUT2D eigenvalue weighted by atomic mass is 10.1. The molecule has 0 atom stereocenters. The van der Waals surface area contributed by atoms with Crippen LogP contribution in [0.15, 0.2) is 42.5 Å². The highest BCUT2D eigenvalue weighted by Gasteiger charge is 2.21. The molecule has 7 nitrogen and oxygen atoms in total. The molecule has 0 aliphatic heterocycles. The fourth-order valence-corrected chi connectivity index (χ4v) is 4.16. The summed E-state index contributed by atoms with van der Waals surface area (Å²) in [5.74, 6) is 0.581. The zero-order valence-electron chi connectivity index (χ0n) is 17.7. The molecule has 0 radical (unpaired) electrons. The first kappa shape index (κ1) is 22.2. The van der Waals surface area contributed by atoms with E-state index in [1.165, 1.54) is 38.7 Å². The highest BCUT2D eigenvalue weighted by atomic mass is 32.1. The molecule has 1 N–H and O–H groups in total. The second-order valence-electron chi connectivity index (χ2n) is 6.30. The molecule has 162 valence electrons. The van der Waals surface area contributed by atoms with Gasteiger partial charge in [-0.3, -0.25) is 4.79 Å². The van der Waals surface area contributed by atoms with Crippen LogP contribution in [0, 0.1) is 0 Å². The summed E-state index contributed by atoms with van der Waals surface area (Å²) in [6.07, 6.45) is 3.00. The van der Waals surface area contributed by atoms with E-state index >= 15 is 0 Å². The van der Waals surface area contributed by atoms with Crippen molar-refractivity contribution in [2.75, 3.05) is 33.3 Å². The minimum Gasteiger partial charge on any atom is -0.493 e. The van der Waals surface area contributed by atoms with Crippen molar-refractivity contribution >= 4 is 44.4 Å². The Bertz CT molecular complexity index is 1110. The van der Waals surface area contributed by atoms with E-state index in [-0.39, 0.29) is 12.5 Å². The fraction of sp³-hybridized carbons (Fsp3) is 0.217. The van der Waals surface area contributed by atoms with E-state index in [1.54, 1.807) is 25.1 Å². The zero-order chi connectivity index (χ0) is 22.4. The molecule has 2 aromatic carbocycles. The van der Waals surface area contributed by atoms with Crippen LogP contribution in [0.1, 0.15) is 22.8 Å². The van der Waals surface area contributed by atoms with Crippen molar-refractivity contribution < 1.29 is 28.5 Å². The summed E-state index contributed by atoms with van der Waals surface area (Å²) in [4.78, 5) is 25.1. The zero-order valence-corrected chi connectivity index (χ0v) is 18.5. The summed E-state index contributed by atoms with van der Waals surface area (Å²) in [6.45, 7) is 1.99. The summed E-state index contributed by atoms with van der Waals surface area (Å²) >= 11 is 1.32. The SMILES string of the molecule is CCOC(=O)c1c(NC(=O)/C=C/c2cc(OC)c(OC)c(OC)c2)sc2ccccc12. The first-order chi connectivity index (χ1) is 15.0. The van der Waals surface area contributed by atoms with E-state index < -0.39 is 5.97 Å². The predicted octanol–water partition coefficient (Wildman–Crippen LogP) is 4.76. The van der Waals surface area contributed by atoms with Crippen LogP contribution in [-0.4, -0.2) is 39.8 Å². The first-order valence-electron chi connectivity index (χ1n) is 9.50. The van der Waals surface area contributed by atoms with Crippen LogP contribution < -0.4 is 19.5 Å². The fourth-order valence-electron chi connectivity index (χ4n) is 3.06. The number of carbonyl (C=O) groups is 2. The number of esters is 1. The number of rotatable bonds is 8. The lowest BCUT2D eigenvalue weighted by Crippen LogP contribution is -2.12. The quantitative estimate of drug-likeness (QED) is 0.401. The molecule has 0 aliphatic rings. The summed E-state index contributed by atoms with van der Waals surface area (Å²) in [6, 6.07) is 10.9. The Morgan fingerprint density at radius 1 is 1.03 bits per heavy atom. The maximum Gasteiger partial charge on any atom is 0.341 e. The number of amides is 1. The van der Waals surface area contributed by atoms with Crippen LogP contribution in [0.25, 0.3) is 16.2 Å². The van der Waals surface area contributed by atoms with Gasteiger partial charge in [0.25, 0.3) is 0 Å². The van der Waals surface area contributed by atoms with Gasteiger partial charge in [-0.25, -0.2) is 4.79 Å². The predicted molar refractivity (Wildman–Crippen MR) is 122 cm³/mol. The average molecular weight is 442 g/mol. The molecule has 1 amide bonds. The largest absolute Gasteiger partial charge is 0.493 e. The summed E-state index contributed by atoms with van der Waals surface area (Å²) in [5, 5.41) is 3.98. The van der Waals surface area contributed by atoms with Crippen LogP contribution in [0.2, 0.25) is 0 Å². The summed E-state index contributed by atoms with van der Waals surface area (Å²) in [5.41, 5.74) is 1.04. The maximum atomic E-state index is 12.6. The van der Waals surface area contributed by atoms with Gasteiger partial charge in [0.1, 0.15) is 10.6 Å². The van der Waals surface area contributed by atoms with Crippen LogP contribution >= 0.6 is 11.3 Å². The van der Waals surface area contributed by atoms with E-state index in [0.29, 0.717) is 33.4 Å². The van der Waals surface area contributed by atoms with Crippen molar-refractivity contribution in [1.82, 2.24) is 0 Å². The van der Waals surface area contributed by atoms with Crippen molar-refractivity contribution in [3.8, 4) is 17.2 Å². The lowest BCUT2D eigenvalue weighted by molar-refractivity contribution is -0.111. The third-order valence-electron chi connectivity index (χ3n) is 4.43. The van der Waals surface area contributed by atoms with Gasteiger partial charge in [0, 0.05) is 16.2 Å². The smallest absolute Gasteiger partial charge is 0.341 e. The van der Waals surface area contributed by atoms with Gasteiger partial charge in [-0.15, -0.1) is 11.3 Å². The number of benzene rings is 2. The Morgan fingerprint density at radius 3 is 2.32 bits per heavy atom. The molecule has 0 spiro atoms. The average Bonchev–Trinajstić information content (AvgIpc) is 3.14. The minimum absolute atomic E-state index is 0.247. The molecule has 0 saturated carbocycles. The van der Waals surface area contributed by atoms with Gasteiger partial charge in [-0.2, -0.15) is 0 Å². The molecule has 0 bridgehead atoms. The molecule has 1 heterocycles. The van der Waals surface area contributed by atoms with Gasteiger partial charge in [-0.1, -0.05) is 18.2 Å². The Hall–Kier alpha value is -3.52. The van der Waals surface area contributed by atoms with Gasteiger partial charge < -0.3 is 24.3 Å². The molecule has 0 saturated heterocycles. The highest BCUT2D eigenvalue weighted by molar-refractivity contribution is 7.23. The molecule has 3 aromatic rings.